The van der Waals surface area contributed by atoms with Crippen molar-refractivity contribution in [2.45, 2.75) is 287 Å². The maximum absolute atomic E-state index is 11.8. The predicted octanol–water partition coefficient (Wildman–Crippen LogP) is 17.6. The van der Waals surface area contributed by atoms with Crippen molar-refractivity contribution < 1.29 is 56.5 Å². The molecule has 0 amide bonds. The first-order valence-electron chi connectivity index (χ1n) is 26.9. The summed E-state index contributed by atoms with van der Waals surface area (Å²) in [5.41, 5.74) is 0. The van der Waals surface area contributed by atoms with Gasteiger partial charge in [-0.2, -0.15) is 0 Å². The number of rotatable bonds is 48. The monoisotopic (exact) mass is 987 g/mol. The largest absolute Gasteiger partial charge is 2.00 e. The maximum Gasteiger partial charge on any atom is 2.00 e. The van der Waals surface area contributed by atoms with E-state index in [0.717, 1.165) is 101 Å². The van der Waals surface area contributed by atoms with Crippen LogP contribution < -0.4 is 9.79 Å². The minimum Gasteiger partial charge on any atom is -0.756 e. The number of phosphoric ester groups is 2. The van der Waals surface area contributed by atoms with Crippen LogP contribution in [0.1, 0.15) is 287 Å². The summed E-state index contributed by atoms with van der Waals surface area (Å²) in [6, 6.07) is 0. The zero-order valence-electron chi connectivity index (χ0n) is 43.5. The number of phosphoric acid groups is 2. The molecule has 0 spiro atoms. The Kier molecular flexibility index (Phi) is 54.8. The third kappa shape index (κ3) is 62.8. The fourth-order valence-corrected chi connectivity index (χ4v) is 9.20. The predicted molar refractivity (Wildman–Crippen MR) is 265 cm³/mol. The molecule has 0 radical (unpaired) electrons. The van der Waals surface area contributed by atoms with E-state index in [0.29, 0.717) is 0 Å². The Morgan fingerprint density at radius 3 is 0.540 bits per heavy atom. The van der Waals surface area contributed by atoms with Gasteiger partial charge in [-0.05, 0) is 49.4 Å². The van der Waals surface area contributed by atoms with Crippen LogP contribution in [0, 0.1) is 23.7 Å². The number of hydrogen-bond donors (Lipinski definition) is 0. The van der Waals surface area contributed by atoms with Crippen molar-refractivity contribution in [3.8, 4) is 0 Å². The molecule has 0 aromatic heterocycles. The molecule has 0 saturated heterocycles. The van der Waals surface area contributed by atoms with E-state index in [2.05, 4.69) is 55.4 Å². The van der Waals surface area contributed by atoms with Crippen molar-refractivity contribution in [3.05, 3.63) is 0 Å². The number of unbranched alkanes of at least 4 members (excludes halogenated alkanes) is 28. The Morgan fingerprint density at radius 1 is 0.270 bits per heavy atom. The van der Waals surface area contributed by atoms with Gasteiger partial charge in [0.25, 0.3) is 15.6 Å². The summed E-state index contributed by atoms with van der Waals surface area (Å²) < 4.78 is 43.5. The molecule has 0 aromatic carbocycles. The van der Waals surface area contributed by atoms with Crippen molar-refractivity contribution in [2.75, 3.05) is 26.4 Å². The molecule has 0 fully saturated rings. The van der Waals surface area contributed by atoms with E-state index in [1.165, 1.54) is 154 Å². The summed E-state index contributed by atoms with van der Waals surface area (Å²) in [5.74, 6) is 3.28. The van der Waals surface area contributed by atoms with Gasteiger partial charge in [-0.1, -0.05) is 261 Å². The zero-order chi connectivity index (χ0) is 46.4. The summed E-state index contributed by atoms with van der Waals surface area (Å²) in [7, 11) is -8.21. The summed E-state index contributed by atoms with van der Waals surface area (Å²) in [5, 5.41) is 0. The second kappa shape index (κ2) is 50.7. The first kappa shape index (κ1) is 68.1. The van der Waals surface area contributed by atoms with E-state index in [1.54, 1.807) is 0 Å². The van der Waals surface area contributed by atoms with Crippen LogP contribution in [0.3, 0.4) is 0 Å². The molecule has 0 heterocycles. The Bertz CT molecular complexity index is 840. The quantitative estimate of drug-likeness (QED) is 0.0336. The van der Waals surface area contributed by atoms with Crippen LogP contribution in [-0.2, 0) is 46.7 Å². The number of hydrogen-bond acceptors (Lipinski definition) is 8. The summed E-state index contributed by atoms with van der Waals surface area (Å²) >= 11 is 0. The van der Waals surface area contributed by atoms with Gasteiger partial charge < -0.3 is 27.9 Å². The third-order valence-corrected chi connectivity index (χ3v) is 13.7. The molecule has 0 aliphatic carbocycles. The smallest absolute Gasteiger partial charge is 0.756 e. The van der Waals surface area contributed by atoms with Crippen LogP contribution in [0.25, 0.3) is 0 Å². The molecular formula is C52H108O8P2Zn. The molecule has 0 aromatic rings. The summed E-state index contributed by atoms with van der Waals surface area (Å²) in [6.07, 6.45) is 43.5. The second-order valence-electron chi connectivity index (χ2n) is 20.3. The molecule has 0 atom stereocenters. The van der Waals surface area contributed by atoms with Crippen LogP contribution in [0.4, 0.5) is 0 Å². The standard InChI is InChI=1S/2C26H55O4P.Zn/c2*1-25(2)21-17-13-9-5-7-11-15-19-23-29-31(27,28)30-24-20-16-12-8-6-10-14-18-22-26(3)4;/h2*25-26H,5-24H2,1-4H3,(H,27,28);/q;;+2/p-2. The fourth-order valence-electron chi connectivity index (χ4n) is 7.64. The van der Waals surface area contributed by atoms with Gasteiger partial charge in [-0.3, -0.25) is 9.13 Å². The molecule has 63 heavy (non-hydrogen) atoms. The van der Waals surface area contributed by atoms with Crippen LogP contribution in [0.5, 0.6) is 0 Å². The zero-order valence-corrected chi connectivity index (χ0v) is 48.2. The van der Waals surface area contributed by atoms with Crippen molar-refractivity contribution >= 4 is 15.6 Å². The van der Waals surface area contributed by atoms with Crippen molar-refractivity contribution in [1.29, 1.82) is 0 Å². The van der Waals surface area contributed by atoms with Gasteiger partial charge in [0.1, 0.15) is 0 Å². The summed E-state index contributed by atoms with van der Waals surface area (Å²) in [6.45, 7) is 19.3. The Labute approximate surface area is 406 Å². The van der Waals surface area contributed by atoms with Crippen molar-refractivity contribution in [3.63, 3.8) is 0 Å². The topological polar surface area (TPSA) is 117 Å². The van der Waals surface area contributed by atoms with Crippen LogP contribution in [-0.4, -0.2) is 26.4 Å². The molecule has 0 saturated carbocycles. The molecule has 0 unspecified atom stereocenters. The molecule has 11 heteroatoms. The van der Waals surface area contributed by atoms with E-state index in [1.807, 2.05) is 0 Å². The maximum atomic E-state index is 11.8. The van der Waals surface area contributed by atoms with E-state index in [9.17, 15) is 18.9 Å². The van der Waals surface area contributed by atoms with E-state index >= 15 is 0 Å². The molecule has 376 valence electrons. The SMILES string of the molecule is CC(C)CCCCCCCCCCOP(=O)([O-])OCCCCCCCCCCC(C)C.CC(C)CCCCCCCCCCOP(=O)([O-])OCCCCCCCCCCC(C)C.[Zn+2]. The molecule has 0 aliphatic rings. The van der Waals surface area contributed by atoms with E-state index in [-0.39, 0.29) is 45.9 Å². The Hall–Kier alpha value is 0.843. The average Bonchev–Trinajstić information content (AvgIpc) is 3.19. The minimum atomic E-state index is -4.11. The van der Waals surface area contributed by atoms with E-state index < -0.39 is 15.6 Å². The first-order valence-corrected chi connectivity index (χ1v) is 29.8. The normalized spacial score (nSPS) is 12.2. The molecule has 0 aliphatic heterocycles. The first-order chi connectivity index (χ1) is 29.7. The van der Waals surface area contributed by atoms with Gasteiger partial charge in [0.2, 0.25) is 0 Å². The van der Waals surface area contributed by atoms with E-state index in [4.69, 9.17) is 18.1 Å². The minimum absolute atomic E-state index is 0. The Balaban J connectivity index is -0.00000112. The molecule has 0 rings (SSSR count). The van der Waals surface area contributed by atoms with Crippen LogP contribution in [0.15, 0.2) is 0 Å². The van der Waals surface area contributed by atoms with Gasteiger partial charge >= 0.3 is 19.5 Å². The van der Waals surface area contributed by atoms with Crippen molar-refractivity contribution in [1.82, 2.24) is 0 Å². The van der Waals surface area contributed by atoms with Crippen molar-refractivity contribution in [2.24, 2.45) is 23.7 Å². The molecule has 0 bridgehead atoms. The second-order valence-corrected chi connectivity index (χ2v) is 23.1. The van der Waals surface area contributed by atoms with Crippen LogP contribution >= 0.6 is 15.6 Å². The Morgan fingerprint density at radius 2 is 0.397 bits per heavy atom. The van der Waals surface area contributed by atoms with Gasteiger partial charge in [-0.15, -0.1) is 0 Å². The fraction of sp³-hybridized carbons (Fsp3) is 1.00. The molecule has 0 N–H and O–H groups in total. The third-order valence-electron chi connectivity index (χ3n) is 11.7. The van der Waals surface area contributed by atoms with Gasteiger partial charge in [0.05, 0.1) is 26.4 Å². The van der Waals surface area contributed by atoms with Crippen LogP contribution in [0.2, 0.25) is 0 Å². The average molecular weight is 989 g/mol. The molecular weight excluding hydrogens is 880 g/mol. The summed E-state index contributed by atoms with van der Waals surface area (Å²) in [4.78, 5) is 23.6. The van der Waals surface area contributed by atoms with Gasteiger partial charge in [-0.25, -0.2) is 0 Å². The van der Waals surface area contributed by atoms with Gasteiger partial charge in [0, 0.05) is 0 Å². The molecule has 8 nitrogen and oxygen atoms in total. The van der Waals surface area contributed by atoms with Gasteiger partial charge in [0.15, 0.2) is 0 Å².